The molecule has 1 atom stereocenters. The van der Waals surface area contributed by atoms with E-state index in [2.05, 4.69) is 5.32 Å². The van der Waals surface area contributed by atoms with Crippen LogP contribution in [0.5, 0.6) is 0 Å². The molecule has 1 unspecified atom stereocenters. The van der Waals surface area contributed by atoms with Crippen molar-refractivity contribution < 1.29 is 13.9 Å². The third kappa shape index (κ3) is 4.27. The molecule has 0 aromatic carbocycles. The SMILES string of the molecule is Cc1ccc(CNC2CCN(C(=O)OC(C)(C)C)C2)o1. The molecule has 0 bridgehead atoms. The first-order valence-electron chi connectivity index (χ1n) is 7.10. The Labute approximate surface area is 120 Å². The van der Waals surface area contributed by atoms with E-state index in [1.54, 1.807) is 4.90 Å². The predicted octanol–water partition coefficient (Wildman–Crippen LogP) is 2.69. The maximum atomic E-state index is 11.9. The summed E-state index contributed by atoms with van der Waals surface area (Å²) in [6, 6.07) is 4.23. The summed E-state index contributed by atoms with van der Waals surface area (Å²) in [7, 11) is 0. The van der Waals surface area contributed by atoms with Gasteiger partial charge in [-0.05, 0) is 46.2 Å². The van der Waals surface area contributed by atoms with E-state index in [0.717, 1.165) is 24.5 Å². The first-order chi connectivity index (χ1) is 9.33. The fraction of sp³-hybridized carbons (Fsp3) is 0.667. The van der Waals surface area contributed by atoms with Crippen LogP contribution in [-0.2, 0) is 11.3 Å². The molecule has 5 heteroatoms. The maximum Gasteiger partial charge on any atom is 0.410 e. The fourth-order valence-corrected chi connectivity index (χ4v) is 2.24. The van der Waals surface area contributed by atoms with Gasteiger partial charge >= 0.3 is 6.09 Å². The van der Waals surface area contributed by atoms with Crippen LogP contribution in [0.15, 0.2) is 16.5 Å². The number of nitrogens with one attached hydrogen (secondary N) is 1. The lowest BCUT2D eigenvalue weighted by molar-refractivity contribution is 0.0291. The van der Waals surface area contributed by atoms with Crippen LogP contribution in [-0.4, -0.2) is 35.7 Å². The lowest BCUT2D eigenvalue weighted by Gasteiger charge is -2.24. The Balaban J connectivity index is 1.76. The van der Waals surface area contributed by atoms with Crippen LogP contribution in [0.4, 0.5) is 4.79 Å². The Bertz CT molecular complexity index is 462. The zero-order valence-electron chi connectivity index (χ0n) is 12.7. The van der Waals surface area contributed by atoms with E-state index in [-0.39, 0.29) is 6.09 Å². The fourth-order valence-electron chi connectivity index (χ4n) is 2.24. The number of furan rings is 1. The Hall–Kier alpha value is -1.49. The number of amides is 1. The number of hydrogen-bond acceptors (Lipinski definition) is 4. The van der Waals surface area contributed by atoms with Gasteiger partial charge in [-0.3, -0.25) is 0 Å². The second kappa shape index (κ2) is 5.87. The number of rotatable bonds is 3. The summed E-state index contributed by atoms with van der Waals surface area (Å²) in [5.41, 5.74) is -0.436. The van der Waals surface area contributed by atoms with E-state index in [1.807, 2.05) is 39.8 Å². The molecule has 0 radical (unpaired) electrons. The molecule has 0 spiro atoms. The number of nitrogens with zero attached hydrogens (tertiary/aromatic N) is 1. The highest BCUT2D eigenvalue weighted by molar-refractivity contribution is 5.68. The molecule has 0 saturated carbocycles. The van der Waals surface area contributed by atoms with Crippen LogP contribution in [0.25, 0.3) is 0 Å². The van der Waals surface area contributed by atoms with Crippen molar-refractivity contribution in [1.29, 1.82) is 0 Å². The van der Waals surface area contributed by atoms with Crippen molar-refractivity contribution in [2.45, 2.75) is 52.3 Å². The Morgan fingerprint density at radius 2 is 2.25 bits per heavy atom. The summed E-state index contributed by atoms with van der Waals surface area (Å²) in [5.74, 6) is 1.85. The Kier molecular flexibility index (Phi) is 4.38. The standard InChI is InChI=1S/C15H24N2O3/c1-11-5-6-13(19-11)9-16-12-7-8-17(10-12)14(18)20-15(2,3)4/h5-6,12,16H,7-10H2,1-4H3. The zero-order valence-corrected chi connectivity index (χ0v) is 12.7. The summed E-state index contributed by atoms with van der Waals surface area (Å²) in [6.07, 6.45) is 0.717. The highest BCUT2D eigenvalue weighted by Gasteiger charge is 2.29. The van der Waals surface area contributed by atoms with Gasteiger partial charge in [-0.25, -0.2) is 4.79 Å². The van der Waals surface area contributed by atoms with Crippen LogP contribution >= 0.6 is 0 Å². The molecule has 1 amide bonds. The van der Waals surface area contributed by atoms with Gasteiger partial charge in [0.15, 0.2) is 0 Å². The summed E-state index contributed by atoms with van der Waals surface area (Å²) in [4.78, 5) is 13.7. The molecule has 112 valence electrons. The van der Waals surface area contributed by atoms with Crippen molar-refractivity contribution in [3.05, 3.63) is 23.7 Å². The minimum Gasteiger partial charge on any atom is -0.465 e. The Morgan fingerprint density at radius 1 is 1.50 bits per heavy atom. The van der Waals surface area contributed by atoms with E-state index in [4.69, 9.17) is 9.15 Å². The molecule has 1 fully saturated rings. The van der Waals surface area contributed by atoms with Gasteiger partial charge in [-0.15, -0.1) is 0 Å². The highest BCUT2D eigenvalue weighted by atomic mass is 16.6. The average Bonchev–Trinajstić information content (AvgIpc) is 2.93. The summed E-state index contributed by atoms with van der Waals surface area (Å²) < 4.78 is 10.9. The van der Waals surface area contributed by atoms with E-state index in [0.29, 0.717) is 19.1 Å². The molecule has 1 aromatic heterocycles. The minimum absolute atomic E-state index is 0.226. The predicted molar refractivity (Wildman–Crippen MR) is 76.5 cm³/mol. The molecular formula is C15H24N2O3. The summed E-state index contributed by atoms with van der Waals surface area (Å²) >= 11 is 0. The maximum absolute atomic E-state index is 11.9. The Morgan fingerprint density at radius 3 is 2.85 bits per heavy atom. The number of hydrogen-bond donors (Lipinski definition) is 1. The van der Waals surface area contributed by atoms with E-state index in [1.165, 1.54) is 0 Å². The monoisotopic (exact) mass is 280 g/mol. The molecule has 2 heterocycles. The van der Waals surface area contributed by atoms with Crippen molar-refractivity contribution in [3.63, 3.8) is 0 Å². The lowest BCUT2D eigenvalue weighted by atomic mass is 10.2. The van der Waals surface area contributed by atoms with Crippen molar-refractivity contribution in [3.8, 4) is 0 Å². The first-order valence-corrected chi connectivity index (χ1v) is 7.10. The molecule has 20 heavy (non-hydrogen) atoms. The average molecular weight is 280 g/mol. The third-order valence-corrected chi connectivity index (χ3v) is 3.20. The molecule has 1 aliphatic rings. The van der Waals surface area contributed by atoms with E-state index < -0.39 is 5.60 Å². The van der Waals surface area contributed by atoms with Gasteiger partial charge in [0.05, 0.1) is 6.54 Å². The van der Waals surface area contributed by atoms with Gasteiger partial charge in [-0.1, -0.05) is 0 Å². The largest absolute Gasteiger partial charge is 0.465 e. The van der Waals surface area contributed by atoms with Gasteiger partial charge in [0.1, 0.15) is 17.1 Å². The van der Waals surface area contributed by atoms with Gasteiger partial charge in [0.2, 0.25) is 0 Å². The molecule has 1 aromatic rings. The molecule has 0 aliphatic carbocycles. The van der Waals surface area contributed by atoms with Gasteiger partial charge in [-0.2, -0.15) is 0 Å². The molecule has 1 N–H and O–H groups in total. The van der Waals surface area contributed by atoms with Gasteiger partial charge in [0.25, 0.3) is 0 Å². The van der Waals surface area contributed by atoms with Gasteiger partial charge < -0.3 is 19.4 Å². The van der Waals surface area contributed by atoms with Crippen LogP contribution in [0.2, 0.25) is 0 Å². The molecule has 1 saturated heterocycles. The van der Waals surface area contributed by atoms with Crippen molar-refractivity contribution in [1.82, 2.24) is 10.2 Å². The second-order valence-corrected chi connectivity index (χ2v) is 6.31. The number of carbonyl (C=O) groups is 1. The molecule has 2 rings (SSSR count). The molecule has 1 aliphatic heterocycles. The number of carbonyl (C=O) groups excluding carboxylic acids is 1. The number of aryl methyl sites for hydroxylation is 1. The quantitative estimate of drug-likeness (QED) is 0.925. The zero-order chi connectivity index (χ0) is 14.8. The normalized spacial score (nSPS) is 19.4. The summed E-state index contributed by atoms with van der Waals surface area (Å²) in [5, 5.41) is 3.42. The second-order valence-electron chi connectivity index (χ2n) is 6.31. The topological polar surface area (TPSA) is 54.7 Å². The third-order valence-electron chi connectivity index (χ3n) is 3.20. The van der Waals surface area contributed by atoms with Crippen molar-refractivity contribution in [2.75, 3.05) is 13.1 Å². The number of likely N-dealkylation sites (tertiary alicyclic amines) is 1. The molecule has 5 nitrogen and oxygen atoms in total. The van der Waals surface area contributed by atoms with Crippen LogP contribution < -0.4 is 5.32 Å². The van der Waals surface area contributed by atoms with Crippen molar-refractivity contribution in [2.24, 2.45) is 0 Å². The summed E-state index contributed by atoms with van der Waals surface area (Å²) in [6.45, 7) is 9.71. The van der Waals surface area contributed by atoms with E-state index in [9.17, 15) is 4.79 Å². The smallest absolute Gasteiger partial charge is 0.410 e. The lowest BCUT2D eigenvalue weighted by Crippen LogP contribution is -2.38. The van der Waals surface area contributed by atoms with Crippen molar-refractivity contribution >= 4 is 6.09 Å². The minimum atomic E-state index is -0.436. The molecular weight excluding hydrogens is 256 g/mol. The number of ether oxygens (including phenoxy) is 1. The van der Waals surface area contributed by atoms with E-state index >= 15 is 0 Å². The van der Waals surface area contributed by atoms with Gasteiger partial charge in [0, 0.05) is 19.1 Å². The highest BCUT2D eigenvalue weighted by Crippen LogP contribution is 2.16. The van der Waals surface area contributed by atoms with Crippen LogP contribution in [0, 0.1) is 6.92 Å². The van der Waals surface area contributed by atoms with Crippen LogP contribution in [0.1, 0.15) is 38.7 Å². The van der Waals surface area contributed by atoms with Crippen LogP contribution in [0.3, 0.4) is 0 Å². The first kappa shape index (κ1) is 14.9.